The summed E-state index contributed by atoms with van der Waals surface area (Å²) in [6, 6.07) is 0. The van der Waals surface area contributed by atoms with Gasteiger partial charge in [-0.1, -0.05) is 26.5 Å². The molecule has 0 bridgehead atoms. The molecule has 0 atom stereocenters. The maximum absolute atomic E-state index is 10.7. The minimum absolute atomic E-state index is 0. The fourth-order valence-corrected chi connectivity index (χ4v) is 0.667. The van der Waals surface area contributed by atoms with Crippen LogP contribution in [-0.4, -0.2) is 10.4 Å². The van der Waals surface area contributed by atoms with Gasteiger partial charge < -0.3 is 4.74 Å². The van der Waals surface area contributed by atoms with Crippen LogP contribution < -0.4 is 0 Å². The fraction of sp³-hybridized carbons (Fsp3) is 0.667. The summed E-state index contributed by atoms with van der Waals surface area (Å²) in [5.74, 6) is -0.00909. The molecule has 0 heterocycles. The van der Waals surface area contributed by atoms with Crippen LogP contribution in [0, 0.1) is 5.92 Å². The molecule has 0 saturated heterocycles. The summed E-state index contributed by atoms with van der Waals surface area (Å²) in [6.07, 6.45) is 0.390. The molecule has 0 amide bonds. The molecule has 5 heteroatoms. The Morgan fingerprint density at radius 1 is 1.64 bits per heavy atom. The molecule has 0 spiro atoms. The molecule has 0 aromatic carbocycles. The van der Waals surface area contributed by atoms with Crippen LogP contribution in [0.3, 0.4) is 0 Å². The topological polar surface area (TPSA) is 26.3 Å². The number of hydrogen-bond donors (Lipinski definition) is 1. The summed E-state index contributed by atoms with van der Waals surface area (Å²) < 4.78 is 4.51. The molecule has 0 N–H and O–H groups in total. The van der Waals surface area contributed by atoms with E-state index in [9.17, 15) is 4.79 Å². The molecule has 0 fully saturated rings. The Hall–Kier alpha value is 0.533. The van der Waals surface area contributed by atoms with Gasteiger partial charge in [-0.2, -0.15) is 0 Å². The van der Waals surface area contributed by atoms with Crippen molar-refractivity contribution in [3.8, 4) is 0 Å². The van der Waals surface area contributed by atoms with E-state index in [-0.39, 0.29) is 29.8 Å². The predicted molar refractivity (Wildman–Crippen MR) is 47.1 cm³/mol. The number of carbonyl (C=O) groups is 1. The molecular weight excluding hydrogens is 234 g/mol. The third-order valence-corrected chi connectivity index (χ3v) is 0.951. The van der Waals surface area contributed by atoms with Crippen LogP contribution in [-0.2, 0) is 29.0 Å². The SMILES string of the molecule is CC(C)CC(=O)OC(=S)S.[Zn]. The molecule has 11 heavy (non-hydrogen) atoms. The van der Waals surface area contributed by atoms with Gasteiger partial charge in [0.25, 0.3) is 0 Å². The van der Waals surface area contributed by atoms with Gasteiger partial charge in [-0.15, -0.1) is 0 Å². The smallest absolute Gasteiger partial charge is 0.312 e. The summed E-state index contributed by atoms with van der Waals surface area (Å²) in [5.41, 5.74) is 0. The average Bonchev–Trinajstić information content (AvgIpc) is 1.58. The molecule has 0 rings (SSSR count). The Labute approximate surface area is 90.2 Å². The van der Waals surface area contributed by atoms with Crippen LogP contribution in [0.4, 0.5) is 0 Å². The van der Waals surface area contributed by atoms with E-state index in [0.717, 1.165) is 0 Å². The first-order valence-electron chi connectivity index (χ1n) is 2.96. The zero-order valence-corrected chi connectivity index (χ0v) is 11.3. The second-order valence-electron chi connectivity index (χ2n) is 2.34. The van der Waals surface area contributed by atoms with E-state index in [1.54, 1.807) is 0 Å². The number of ether oxygens (including phenoxy) is 1. The van der Waals surface area contributed by atoms with Crippen LogP contribution in [0.25, 0.3) is 0 Å². The van der Waals surface area contributed by atoms with Crippen molar-refractivity contribution in [1.82, 2.24) is 0 Å². The Morgan fingerprint density at radius 3 is 2.36 bits per heavy atom. The summed E-state index contributed by atoms with van der Waals surface area (Å²) in [7, 11) is 0. The van der Waals surface area contributed by atoms with Gasteiger partial charge in [0, 0.05) is 25.9 Å². The van der Waals surface area contributed by atoms with Crippen molar-refractivity contribution in [2.24, 2.45) is 5.92 Å². The number of thiol groups is 1. The maximum Gasteiger partial charge on any atom is 0.312 e. The predicted octanol–water partition coefficient (Wildman–Crippen LogP) is 1.79. The van der Waals surface area contributed by atoms with Crippen LogP contribution >= 0.6 is 24.8 Å². The second kappa shape index (κ2) is 7.20. The Morgan fingerprint density at radius 2 is 2.09 bits per heavy atom. The number of esters is 1. The third kappa shape index (κ3) is 10.5. The van der Waals surface area contributed by atoms with E-state index < -0.39 is 0 Å². The van der Waals surface area contributed by atoms with E-state index in [1.165, 1.54) is 0 Å². The van der Waals surface area contributed by atoms with Crippen molar-refractivity contribution in [1.29, 1.82) is 0 Å². The van der Waals surface area contributed by atoms with Crippen molar-refractivity contribution in [3.05, 3.63) is 0 Å². The van der Waals surface area contributed by atoms with Gasteiger partial charge in [-0.05, 0) is 18.1 Å². The zero-order valence-electron chi connectivity index (χ0n) is 6.66. The molecule has 0 aliphatic carbocycles. The van der Waals surface area contributed by atoms with E-state index in [4.69, 9.17) is 0 Å². The van der Waals surface area contributed by atoms with Crippen molar-refractivity contribution < 1.29 is 29.0 Å². The minimum atomic E-state index is -0.310. The average molecular weight is 244 g/mol. The summed E-state index contributed by atoms with van der Waals surface area (Å²) in [4.78, 5) is 10.7. The van der Waals surface area contributed by atoms with E-state index in [2.05, 4.69) is 29.6 Å². The van der Waals surface area contributed by atoms with Crippen molar-refractivity contribution in [2.75, 3.05) is 0 Å². The van der Waals surface area contributed by atoms with Crippen LogP contribution in [0.5, 0.6) is 0 Å². The maximum atomic E-state index is 10.7. The van der Waals surface area contributed by atoms with Crippen LogP contribution in [0.15, 0.2) is 0 Å². The third-order valence-electron chi connectivity index (χ3n) is 0.776. The molecule has 0 unspecified atom stereocenters. The fourth-order valence-electron chi connectivity index (χ4n) is 0.472. The summed E-state index contributed by atoms with van der Waals surface area (Å²) >= 11 is 8.09. The van der Waals surface area contributed by atoms with Gasteiger partial charge >= 0.3 is 5.97 Å². The largest absolute Gasteiger partial charge is 0.409 e. The van der Waals surface area contributed by atoms with Crippen molar-refractivity contribution in [2.45, 2.75) is 20.3 Å². The first kappa shape index (κ1) is 14.1. The summed E-state index contributed by atoms with van der Waals surface area (Å²) in [5, 5.41) is 0. The molecule has 0 aromatic heterocycles. The first-order chi connectivity index (χ1) is 4.52. The molecule has 0 saturated carbocycles. The number of hydrogen-bond acceptors (Lipinski definition) is 3. The van der Waals surface area contributed by atoms with Gasteiger partial charge in [0.05, 0.1) is 0 Å². The molecule has 0 aliphatic heterocycles. The van der Waals surface area contributed by atoms with E-state index >= 15 is 0 Å². The number of thiocarbonyl (C=S) groups is 1. The standard InChI is InChI=1S/C6H10O2S2.Zn/c1-4(2)3-5(7)8-6(9)10;/h4H,3H2,1-2H3,(H,9,10);. The van der Waals surface area contributed by atoms with Gasteiger partial charge in [-0.3, -0.25) is 4.79 Å². The summed E-state index contributed by atoms with van der Waals surface area (Å²) in [6.45, 7) is 3.87. The van der Waals surface area contributed by atoms with E-state index in [1.807, 2.05) is 13.8 Å². The molecule has 60 valence electrons. The van der Waals surface area contributed by atoms with Gasteiger partial charge in [0.1, 0.15) is 0 Å². The van der Waals surface area contributed by atoms with Crippen molar-refractivity contribution >= 4 is 35.2 Å². The Balaban J connectivity index is 0. The van der Waals surface area contributed by atoms with Gasteiger partial charge in [-0.25, -0.2) is 0 Å². The molecule has 0 aromatic rings. The second-order valence-corrected chi connectivity index (χ2v) is 3.42. The monoisotopic (exact) mass is 242 g/mol. The Kier molecular flexibility index (Phi) is 9.21. The van der Waals surface area contributed by atoms with Gasteiger partial charge in [0.15, 0.2) is 0 Å². The Bertz CT molecular complexity index is 148. The molecule has 2 nitrogen and oxygen atoms in total. The quantitative estimate of drug-likeness (QED) is 0.347. The molecular formula is C6H10O2S2Zn. The minimum Gasteiger partial charge on any atom is -0.409 e. The normalized spacial score (nSPS) is 8.73. The van der Waals surface area contributed by atoms with Crippen molar-refractivity contribution in [3.63, 3.8) is 0 Å². The van der Waals surface area contributed by atoms with Crippen LogP contribution in [0.1, 0.15) is 20.3 Å². The van der Waals surface area contributed by atoms with Crippen LogP contribution in [0.2, 0.25) is 0 Å². The van der Waals surface area contributed by atoms with E-state index in [0.29, 0.717) is 12.3 Å². The number of rotatable bonds is 2. The zero-order chi connectivity index (χ0) is 8.15. The molecule has 0 radical (unpaired) electrons. The number of carbonyl (C=O) groups excluding carboxylic acids is 1. The molecule has 0 aliphatic rings. The first-order valence-corrected chi connectivity index (χ1v) is 3.81. The van der Waals surface area contributed by atoms with Gasteiger partial charge in [0.2, 0.25) is 4.38 Å².